The van der Waals surface area contributed by atoms with Crippen molar-refractivity contribution in [1.29, 1.82) is 0 Å². The molecule has 1 atom stereocenters. The van der Waals surface area contributed by atoms with Crippen LogP contribution in [0.5, 0.6) is 0 Å². The summed E-state index contributed by atoms with van der Waals surface area (Å²) < 4.78 is 0. The van der Waals surface area contributed by atoms with Gasteiger partial charge in [-0.15, -0.1) is 0 Å². The lowest BCUT2D eigenvalue weighted by molar-refractivity contribution is 0.854. The molecule has 0 amide bonds. The quantitative estimate of drug-likeness (QED) is 0.144. The van der Waals surface area contributed by atoms with Crippen molar-refractivity contribution in [2.75, 3.05) is 0 Å². The van der Waals surface area contributed by atoms with Crippen LogP contribution in [-0.2, 0) is 0 Å². The molecule has 0 fully saturated rings. The zero-order valence-corrected chi connectivity index (χ0v) is 32.5. The second-order valence-electron chi connectivity index (χ2n) is 14.6. The number of benzene rings is 6. The summed E-state index contributed by atoms with van der Waals surface area (Å²) in [6.45, 7) is 0. The van der Waals surface area contributed by atoms with E-state index in [0.29, 0.717) is 35.0 Å². The third-order valence-electron chi connectivity index (χ3n) is 10.7. The first-order chi connectivity index (χ1) is 29.7. The Balaban J connectivity index is 1.09. The second kappa shape index (κ2) is 16.4. The van der Waals surface area contributed by atoms with Crippen molar-refractivity contribution in [3.63, 3.8) is 0 Å². The number of allylic oxidation sites excluding steroid dienone is 4. The standard InChI is InChI=1S/C53H37N7/c1-3-9-36(10-4-1)38-13-25-44(26-14-38)51-58-52(45-27-15-39(16-28-45)37-11-5-2-6-12-37)60-53(59-51)48-34-46(40-17-21-42(22-18-40)49-54-29-7-30-55-49)33-47(35-48)41-19-23-43(24-20-41)50-56-31-8-32-57-50/h1-15,17-35,39H,16H2. The number of hydrogen-bond donors (Lipinski definition) is 0. The summed E-state index contributed by atoms with van der Waals surface area (Å²) in [5, 5.41) is 0. The van der Waals surface area contributed by atoms with Crippen LogP contribution in [0.15, 0.2) is 207 Å². The minimum atomic E-state index is 0.292. The van der Waals surface area contributed by atoms with Gasteiger partial charge in [0.05, 0.1) is 0 Å². The topological polar surface area (TPSA) is 90.2 Å². The molecular formula is C53H37N7. The molecule has 0 radical (unpaired) electrons. The first-order valence-electron chi connectivity index (χ1n) is 20.0. The van der Waals surface area contributed by atoms with Crippen LogP contribution in [0.25, 0.3) is 84.5 Å². The van der Waals surface area contributed by atoms with Crippen molar-refractivity contribution in [2.24, 2.45) is 0 Å². The van der Waals surface area contributed by atoms with Gasteiger partial charge < -0.3 is 0 Å². The van der Waals surface area contributed by atoms with E-state index in [2.05, 4.69) is 184 Å². The van der Waals surface area contributed by atoms with Crippen molar-refractivity contribution in [3.05, 3.63) is 218 Å². The van der Waals surface area contributed by atoms with Crippen molar-refractivity contribution < 1.29 is 0 Å². The lowest BCUT2D eigenvalue weighted by atomic mass is 9.90. The summed E-state index contributed by atoms with van der Waals surface area (Å²) in [7, 11) is 0. The van der Waals surface area contributed by atoms with Gasteiger partial charge in [-0.2, -0.15) is 0 Å². The molecule has 0 saturated heterocycles. The van der Waals surface area contributed by atoms with Gasteiger partial charge in [0, 0.05) is 58.5 Å². The van der Waals surface area contributed by atoms with Gasteiger partial charge in [0.25, 0.3) is 0 Å². The van der Waals surface area contributed by atoms with Gasteiger partial charge in [-0.05, 0) is 75.7 Å². The molecule has 0 spiro atoms. The molecule has 0 aliphatic heterocycles. The molecule has 3 heterocycles. The smallest absolute Gasteiger partial charge is 0.164 e. The molecule has 3 aromatic heterocycles. The fourth-order valence-corrected chi connectivity index (χ4v) is 7.55. The Hall–Kier alpha value is -8.03. The molecule has 9 aromatic rings. The fourth-order valence-electron chi connectivity index (χ4n) is 7.55. The predicted octanol–water partition coefficient (Wildman–Crippen LogP) is 12.2. The zero-order chi connectivity index (χ0) is 40.1. The second-order valence-corrected chi connectivity index (χ2v) is 14.6. The van der Waals surface area contributed by atoms with E-state index in [1.54, 1.807) is 24.8 Å². The van der Waals surface area contributed by atoms with E-state index in [0.717, 1.165) is 67.6 Å². The largest absolute Gasteiger partial charge is 0.237 e. The number of nitrogens with zero attached hydrogens (tertiary/aromatic N) is 7. The molecule has 0 N–H and O–H groups in total. The predicted molar refractivity (Wildman–Crippen MR) is 240 cm³/mol. The van der Waals surface area contributed by atoms with Crippen LogP contribution in [0.2, 0.25) is 0 Å². The zero-order valence-electron chi connectivity index (χ0n) is 32.5. The van der Waals surface area contributed by atoms with Crippen molar-refractivity contribution in [1.82, 2.24) is 34.9 Å². The van der Waals surface area contributed by atoms with Gasteiger partial charge in [-0.25, -0.2) is 34.9 Å². The lowest BCUT2D eigenvalue weighted by Gasteiger charge is -2.17. The van der Waals surface area contributed by atoms with Crippen molar-refractivity contribution in [2.45, 2.75) is 12.3 Å². The van der Waals surface area contributed by atoms with Gasteiger partial charge in [0.1, 0.15) is 0 Å². The third kappa shape index (κ3) is 7.80. The molecule has 7 heteroatoms. The van der Waals surface area contributed by atoms with Crippen LogP contribution in [0.1, 0.15) is 23.7 Å². The fraction of sp³-hybridized carbons (Fsp3) is 0.0377. The molecule has 284 valence electrons. The van der Waals surface area contributed by atoms with Crippen LogP contribution in [0.4, 0.5) is 0 Å². The highest BCUT2D eigenvalue weighted by atomic mass is 15.0. The molecular weight excluding hydrogens is 735 g/mol. The Morgan fingerprint density at radius 1 is 0.333 bits per heavy atom. The highest BCUT2D eigenvalue weighted by molar-refractivity contribution is 5.82. The number of aromatic nitrogens is 7. The Bertz CT molecular complexity index is 2850. The van der Waals surface area contributed by atoms with Crippen LogP contribution in [-0.4, -0.2) is 34.9 Å². The molecule has 7 nitrogen and oxygen atoms in total. The van der Waals surface area contributed by atoms with Crippen LogP contribution in [0, 0.1) is 0 Å². The Morgan fingerprint density at radius 3 is 1.23 bits per heavy atom. The van der Waals surface area contributed by atoms with Crippen molar-refractivity contribution in [3.8, 4) is 78.9 Å². The first kappa shape index (κ1) is 36.3. The van der Waals surface area contributed by atoms with Gasteiger partial charge in [-0.1, -0.05) is 152 Å². The molecule has 6 aromatic carbocycles. The summed E-state index contributed by atoms with van der Waals surface area (Å²) in [5.41, 5.74) is 12.4. The SMILES string of the molecule is C1=CC(c2ccccc2)CC=C1c1nc(-c2ccc(-c3ccccc3)cc2)nc(-c2cc(-c3ccc(-c4ncccn4)cc3)cc(-c3ccc(-c4ncccn4)cc3)c2)n1. The minimum absolute atomic E-state index is 0.292. The molecule has 10 rings (SSSR count). The van der Waals surface area contributed by atoms with Crippen LogP contribution >= 0.6 is 0 Å². The van der Waals surface area contributed by atoms with E-state index in [1.807, 2.05) is 18.2 Å². The average molecular weight is 772 g/mol. The monoisotopic (exact) mass is 771 g/mol. The summed E-state index contributed by atoms with van der Waals surface area (Å²) in [6.07, 6.45) is 14.6. The summed E-state index contributed by atoms with van der Waals surface area (Å²) in [5.74, 6) is 3.50. The van der Waals surface area contributed by atoms with E-state index in [9.17, 15) is 0 Å². The third-order valence-corrected chi connectivity index (χ3v) is 10.7. The molecule has 1 aliphatic carbocycles. The van der Waals surface area contributed by atoms with E-state index in [1.165, 1.54) is 5.56 Å². The van der Waals surface area contributed by atoms with Crippen LogP contribution < -0.4 is 0 Å². The summed E-state index contributed by atoms with van der Waals surface area (Å²) in [4.78, 5) is 33.4. The highest BCUT2D eigenvalue weighted by Gasteiger charge is 2.18. The van der Waals surface area contributed by atoms with Gasteiger partial charge in [-0.3, -0.25) is 0 Å². The van der Waals surface area contributed by atoms with Crippen molar-refractivity contribution >= 4 is 5.57 Å². The normalized spacial score (nSPS) is 13.5. The summed E-state index contributed by atoms with van der Waals surface area (Å²) >= 11 is 0. The maximum Gasteiger partial charge on any atom is 0.164 e. The van der Waals surface area contributed by atoms with Gasteiger partial charge in [0.2, 0.25) is 0 Å². The number of hydrogen-bond acceptors (Lipinski definition) is 7. The molecule has 60 heavy (non-hydrogen) atoms. The van der Waals surface area contributed by atoms with Gasteiger partial charge in [0.15, 0.2) is 29.1 Å². The Labute approximate surface area is 348 Å². The maximum atomic E-state index is 5.22. The van der Waals surface area contributed by atoms with Gasteiger partial charge >= 0.3 is 0 Å². The first-order valence-corrected chi connectivity index (χ1v) is 20.0. The molecule has 0 saturated carbocycles. The maximum absolute atomic E-state index is 5.22. The lowest BCUT2D eigenvalue weighted by Crippen LogP contribution is -2.05. The molecule has 0 bridgehead atoms. The molecule has 1 aliphatic rings. The highest BCUT2D eigenvalue weighted by Crippen LogP contribution is 2.36. The molecule has 1 unspecified atom stereocenters. The van der Waals surface area contributed by atoms with E-state index in [4.69, 9.17) is 15.0 Å². The minimum Gasteiger partial charge on any atom is -0.237 e. The Kier molecular flexibility index (Phi) is 9.96. The van der Waals surface area contributed by atoms with E-state index < -0.39 is 0 Å². The average Bonchev–Trinajstić information content (AvgIpc) is 3.35. The van der Waals surface area contributed by atoms with E-state index in [-0.39, 0.29) is 0 Å². The van der Waals surface area contributed by atoms with Crippen LogP contribution in [0.3, 0.4) is 0 Å². The number of rotatable bonds is 9. The summed E-state index contributed by atoms with van der Waals surface area (Å²) in [6, 6.07) is 56.4. The van der Waals surface area contributed by atoms with E-state index >= 15 is 0 Å². The Morgan fingerprint density at radius 2 is 0.733 bits per heavy atom.